The van der Waals surface area contributed by atoms with E-state index in [1.807, 2.05) is 5.32 Å². The quantitative estimate of drug-likeness (QED) is 0.280. The summed E-state index contributed by atoms with van der Waals surface area (Å²) < 4.78 is 110. The van der Waals surface area contributed by atoms with E-state index < -0.39 is 71.5 Å². The van der Waals surface area contributed by atoms with Gasteiger partial charge in [-0.25, -0.2) is 22.4 Å². The molecule has 3 aromatic rings. The fourth-order valence-electron chi connectivity index (χ4n) is 4.40. The van der Waals surface area contributed by atoms with Gasteiger partial charge in [0.2, 0.25) is 5.91 Å². The lowest BCUT2D eigenvalue weighted by Crippen LogP contribution is -2.43. The average molecular weight is 587 g/mol. The second-order valence-electron chi connectivity index (χ2n) is 9.37. The number of amides is 3. The second kappa shape index (κ2) is 10.6. The van der Waals surface area contributed by atoms with Crippen molar-refractivity contribution >= 4 is 35.8 Å². The summed E-state index contributed by atoms with van der Waals surface area (Å²) in [5.74, 6) is -5.86. The van der Waals surface area contributed by atoms with E-state index in [1.54, 1.807) is 0 Å². The zero-order chi connectivity index (χ0) is 29.6. The number of alkyl halides is 3. The lowest BCUT2D eigenvalue weighted by atomic mass is 10.0. The van der Waals surface area contributed by atoms with Crippen LogP contribution in [-0.2, 0) is 15.5 Å². The minimum atomic E-state index is -4.79. The van der Waals surface area contributed by atoms with Crippen molar-refractivity contribution in [2.45, 2.75) is 18.6 Å². The van der Waals surface area contributed by atoms with Gasteiger partial charge in [-0.05, 0) is 61.7 Å². The molecule has 40 heavy (non-hydrogen) atoms. The normalized spacial score (nSPS) is 15.9. The Morgan fingerprint density at radius 1 is 0.950 bits per heavy atom. The summed E-state index contributed by atoms with van der Waals surface area (Å²) in [4.78, 5) is 26.0. The second-order valence-corrected chi connectivity index (χ2v) is 12.5. The van der Waals surface area contributed by atoms with Crippen molar-refractivity contribution in [2.24, 2.45) is 0 Å². The van der Waals surface area contributed by atoms with Crippen molar-refractivity contribution in [3.63, 3.8) is 0 Å². The molecule has 0 saturated carbocycles. The maximum Gasteiger partial charge on any atom is 0.416 e. The first kappa shape index (κ1) is 29.1. The molecule has 3 amide bonds. The molecule has 1 saturated heterocycles. The maximum atomic E-state index is 15.2. The molecule has 1 heterocycles. The Labute approximate surface area is 223 Å². The summed E-state index contributed by atoms with van der Waals surface area (Å²) in [6, 6.07) is 4.96. The van der Waals surface area contributed by atoms with Crippen molar-refractivity contribution in [3.05, 3.63) is 77.4 Å². The van der Waals surface area contributed by atoms with Crippen LogP contribution in [0.25, 0.3) is 11.1 Å². The van der Waals surface area contributed by atoms with Crippen LogP contribution in [0.2, 0.25) is 0 Å². The van der Waals surface area contributed by atoms with Crippen LogP contribution in [0.15, 0.2) is 48.5 Å². The Morgan fingerprint density at radius 3 is 2.27 bits per heavy atom. The third-order valence-electron chi connectivity index (χ3n) is 6.22. The summed E-state index contributed by atoms with van der Waals surface area (Å²) in [6.07, 6.45) is -4.84. The smallest absolute Gasteiger partial charge is 0.326 e. The van der Waals surface area contributed by atoms with E-state index in [2.05, 4.69) is 5.32 Å². The molecule has 1 aliphatic heterocycles. The van der Waals surface area contributed by atoms with Gasteiger partial charge in [-0.2, -0.15) is 13.2 Å². The molecule has 0 aliphatic carbocycles. The van der Waals surface area contributed by atoms with E-state index in [-0.39, 0.29) is 35.5 Å². The SMILES string of the molecule is CP(C)(=O)c1c(F)cccc1-c1ccc(N2CCC(NC(=O)Nc3ccc(C(F)(F)F)cc3F)C2=O)c(F)c1F. The predicted octanol–water partition coefficient (Wildman–Crippen LogP) is 6.10. The van der Waals surface area contributed by atoms with Crippen molar-refractivity contribution in [1.29, 1.82) is 0 Å². The Kier molecular flexibility index (Phi) is 7.72. The highest BCUT2D eigenvalue weighted by Crippen LogP contribution is 2.42. The van der Waals surface area contributed by atoms with Crippen LogP contribution >= 0.6 is 7.14 Å². The molecule has 1 fully saturated rings. The van der Waals surface area contributed by atoms with E-state index in [0.29, 0.717) is 12.1 Å². The lowest BCUT2D eigenvalue weighted by Gasteiger charge is -2.20. The van der Waals surface area contributed by atoms with Gasteiger partial charge in [0.1, 0.15) is 24.8 Å². The number of halogens is 7. The van der Waals surface area contributed by atoms with Crippen molar-refractivity contribution < 1.29 is 44.9 Å². The Morgan fingerprint density at radius 2 is 1.65 bits per heavy atom. The molecule has 6 nitrogen and oxygen atoms in total. The zero-order valence-electron chi connectivity index (χ0n) is 20.9. The largest absolute Gasteiger partial charge is 0.416 e. The monoisotopic (exact) mass is 587 g/mol. The van der Waals surface area contributed by atoms with E-state index in [1.165, 1.54) is 25.5 Å². The number of anilines is 2. The molecule has 4 rings (SSSR count). The number of carbonyl (C=O) groups is 2. The number of benzene rings is 3. The van der Waals surface area contributed by atoms with Crippen LogP contribution in [0.4, 0.5) is 46.9 Å². The molecule has 0 bridgehead atoms. The van der Waals surface area contributed by atoms with Gasteiger partial charge >= 0.3 is 12.2 Å². The van der Waals surface area contributed by atoms with Gasteiger partial charge in [0.25, 0.3) is 0 Å². The van der Waals surface area contributed by atoms with E-state index in [4.69, 9.17) is 0 Å². The van der Waals surface area contributed by atoms with Gasteiger partial charge in [-0.1, -0.05) is 12.1 Å². The minimum absolute atomic E-state index is 0.0482. The number of carbonyl (C=O) groups excluding carboxylic acids is 2. The number of nitrogens with one attached hydrogen (secondary N) is 2. The van der Waals surface area contributed by atoms with Crippen molar-refractivity contribution in [1.82, 2.24) is 5.32 Å². The molecule has 1 atom stereocenters. The highest BCUT2D eigenvalue weighted by atomic mass is 31.2. The minimum Gasteiger partial charge on any atom is -0.326 e. The molecule has 3 aromatic carbocycles. The summed E-state index contributed by atoms with van der Waals surface area (Å²) >= 11 is 0. The topological polar surface area (TPSA) is 78.5 Å². The van der Waals surface area contributed by atoms with Gasteiger partial charge in [0, 0.05) is 12.1 Å². The van der Waals surface area contributed by atoms with Crippen LogP contribution in [0.5, 0.6) is 0 Å². The molecule has 0 aromatic heterocycles. The van der Waals surface area contributed by atoms with Gasteiger partial charge in [-0.3, -0.25) is 4.79 Å². The van der Waals surface area contributed by atoms with Crippen molar-refractivity contribution in [2.75, 3.05) is 30.1 Å². The van der Waals surface area contributed by atoms with Gasteiger partial charge in [-0.15, -0.1) is 0 Å². The summed E-state index contributed by atoms with van der Waals surface area (Å²) in [5, 5.41) is 3.99. The third-order valence-corrected chi connectivity index (χ3v) is 7.76. The standard InChI is InChI=1S/C26H21F7N3O3P/c1-40(2,39)23-15(4-3-5-16(23)27)14-7-9-20(22(30)21(14)29)36-11-10-19(24(36)37)35-25(38)34-18-8-6-13(12-17(18)28)26(31,32)33/h3-9,12,19H,10-11H2,1-2H3,(H2,34,35,38). The zero-order valence-corrected chi connectivity index (χ0v) is 21.8. The summed E-state index contributed by atoms with van der Waals surface area (Å²) in [7, 11) is -3.24. The molecular weight excluding hydrogens is 566 g/mol. The molecule has 2 N–H and O–H groups in total. The number of hydrogen-bond acceptors (Lipinski definition) is 3. The van der Waals surface area contributed by atoms with E-state index >= 15 is 8.78 Å². The Balaban J connectivity index is 1.52. The molecule has 0 spiro atoms. The molecule has 1 aliphatic rings. The van der Waals surface area contributed by atoms with E-state index in [9.17, 15) is 36.1 Å². The first-order chi connectivity index (χ1) is 18.6. The number of rotatable bonds is 5. The molecule has 0 radical (unpaired) electrons. The summed E-state index contributed by atoms with van der Waals surface area (Å²) in [5.41, 5.74) is -2.75. The van der Waals surface area contributed by atoms with Gasteiger partial charge in [0.05, 0.1) is 22.2 Å². The van der Waals surface area contributed by atoms with E-state index in [0.717, 1.165) is 23.1 Å². The molecule has 14 heteroatoms. The lowest BCUT2D eigenvalue weighted by molar-refractivity contribution is -0.137. The fourth-order valence-corrected chi connectivity index (χ4v) is 5.76. The fraction of sp³-hybridized carbons (Fsp3) is 0.231. The first-order valence-corrected chi connectivity index (χ1v) is 14.3. The molecule has 212 valence electrons. The predicted molar refractivity (Wildman–Crippen MR) is 135 cm³/mol. The van der Waals surface area contributed by atoms with Crippen LogP contribution < -0.4 is 20.8 Å². The average Bonchev–Trinajstić information content (AvgIpc) is 3.20. The van der Waals surface area contributed by atoms with Crippen LogP contribution in [-0.4, -0.2) is 37.9 Å². The summed E-state index contributed by atoms with van der Waals surface area (Å²) in [6.45, 7) is 2.43. The maximum absolute atomic E-state index is 15.2. The van der Waals surface area contributed by atoms with Gasteiger partial charge < -0.3 is 20.1 Å². The van der Waals surface area contributed by atoms with Crippen LogP contribution in [0.3, 0.4) is 0 Å². The van der Waals surface area contributed by atoms with Crippen LogP contribution in [0.1, 0.15) is 12.0 Å². The first-order valence-electron chi connectivity index (χ1n) is 11.7. The molecule has 1 unspecified atom stereocenters. The number of nitrogens with zero attached hydrogens (tertiary/aromatic N) is 1. The third kappa shape index (κ3) is 5.70. The Hall–Kier alpha value is -3.86. The highest BCUT2D eigenvalue weighted by molar-refractivity contribution is 7.70. The van der Waals surface area contributed by atoms with Gasteiger partial charge in [0.15, 0.2) is 11.6 Å². The van der Waals surface area contributed by atoms with Crippen molar-refractivity contribution in [3.8, 4) is 11.1 Å². The number of urea groups is 1. The Bertz CT molecular complexity index is 1560. The van der Waals surface area contributed by atoms with Crippen LogP contribution in [0, 0.1) is 23.3 Å². The highest BCUT2D eigenvalue weighted by Gasteiger charge is 2.36. The number of hydrogen-bond donors (Lipinski definition) is 2. The molecular formula is C26H21F7N3O3P.